The van der Waals surface area contributed by atoms with Crippen LogP contribution in [-0.4, -0.2) is 59.5 Å². The van der Waals surface area contributed by atoms with Crippen molar-refractivity contribution in [2.45, 2.75) is 119 Å². The molecule has 0 aliphatic rings. The molecule has 0 aromatic rings. The molecule has 0 saturated heterocycles. The van der Waals surface area contributed by atoms with Crippen molar-refractivity contribution in [3.63, 3.8) is 0 Å². The Kier molecular flexibility index (Phi) is 16.3. The number of hydrogen-bond donors (Lipinski definition) is 5. The van der Waals surface area contributed by atoms with Gasteiger partial charge in [-0.1, -0.05) is 55.4 Å². The molecule has 4 atom stereocenters. The Morgan fingerprint density at radius 2 is 1.19 bits per heavy atom. The molecule has 0 aliphatic carbocycles. The van der Waals surface area contributed by atoms with Crippen molar-refractivity contribution in [3.05, 3.63) is 0 Å². The molecule has 9 nitrogen and oxygen atoms in total. The first-order chi connectivity index (χ1) is 16.6. The highest BCUT2D eigenvalue weighted by atomic mass is 16.3. The van der Waals surface area contributed by atoms with Gasteiger partial charge in [-0.15, -0.1) is 0 Å². The Morgan fingerprint density at radius 1 is 0.639 bits per heavy atom. The van der Waals surface area contributed by atoms with Crippen LogP contribution in [0.25, 0.3) is 0 Å². The van der Waals surface area contributed by atoms with Gasteiger partial charge in [0.2, 0.25) is 23.6 Å². The van der Waals surface area contributed by atoms with E-state index >= 15 is 0 Å². The Balaban J connectivity index is 5.15. The SMILES string of the molecule is CC(C)CCNC(=O)C(C)NC(=O)CC(O)C(CC(C)C)NC(=O)C(CC(C)C)NC(=O)CC(C)C. The maximum Gasteiger partial charge on any atom is 0.242 e. The van der Waals surface area contributed by atoms with Gasteiger partial charge in [-0.05, 0) is 49.9 Å². The third-order valence-electron chi connectivity index (χ3n) is 5.66. The highest BCUT2D eigenvalue weighted by Gasteiger charge is 2.29. The zero-order chi connectivity index (χ0) is 28.0. The average molecular weight is 513 g/mol. The van der Waals surface area contributed by atoms with E-state index in [9.17, 15) is 24.3 Å². The van der Waals surface area contributed by atoms with Gasteiger partial charge in [0.15, 0.2) is 0 Å². The highest BCUT2D eigenvalue weighted by molar-refractivity contribution is 5.88. The summed E-state index contributed by atoms with van der Waals surface area (Å²) in [7, 11) is 0. The summed E-state index contributed by atoms with van der Waals surface area (Å²) in [5.74, 6) is -0.357. The summed E-state index contributed by atoms with van der Waals surface area (Å²) in [6, 6.07) is -2.13. The van der Waals surface area contributed by atoms with Crippen LogP contribution < -0.4 is 21.3 Å². The van der Waals surface area contributed by atoms with Gasteiger partial charge in [0, 0.05) is 13.0 Å². The van der Waals surface area contributed by atoms with Crippen LogP contribution in [0, 0.1) is 23.7 Å². The largest absolute Gasteiger partial charge is 0.390 e. The van der Waals surface area contributed by atoms with Gasteiger partial charge >= 0.3 is 0 Å². The Bertz CT molecular complexity index is 694. The van der Waals surface area contributed by atoms with E-state index in [1.807, 2.05) is 41.5 Å². The molecule has 0 spiro atoms. The predicted molar refractivity (Wildman–Crippen MR) is 143 cm³/mol. The summed E-state index contributed by atoms with van der Waals surface area (Å²) >= 11 is 0. The van der Waals surface area contributed by atoms with E-state index in [0.717, 1.165) is 6.42 Å². The summed E-state index contributed by atoms with van der Waals surface area (Å²) in [5.41, 5.74) is 0. The van der Waals surface area contributed by atoms with Crippen LogP contribution in [0.15, 0.2) is 0 Å². The Labute approximate surface area is 218 Å². The summed E-state index contributed by atoms with van der Waals surface area (Å²) in [5, 5.41) is 21.9. The van der Waals surface area contributed by atoms with E-state index < -0.39 is 30.1 Å². The third kappa shape index (κ3) is 15.8. The Hall–Kier alpha value is -2.16. The molecule has 36 heavy (non-hydrogen) atoms. The van der Waals surface area contributed by atoms with Crippen molar-refractivity contribution in [3.8, 4) is 0 Å². The molecule has 9 heteroatoms. The van der Waals surface area contributed by atoms with E-state index in [-0.39, 0.29) is 41.9 Å². The lowest BCUT2D eigenvalue weighted by Gasteiger charge is -2.29. The van der Waals surface area contributed by atoms with Gasteiger partial charge in [-0.2, -0.15) is 0 Å². The van der Waals surface area contributed by atoms with Gasteiger partial charge in [-0.3, -0.25) is 19.2 Å². The van der Waals surface area contributed by atoms with E-state index in [4.69, 9.17) is 0 Å². The first kappa shape index (κ1) is 33.8. The maximum absolute atomic E-state index is 13.1. The van der Waals surface area contributed by atoms with Gasteiger partial charge in [0.1, 0.15) is 12.1 Å². The number of carbonyl (C=O) groups excluding carboxylic acids is 4. The molecule has 0 radical (unpaired) electrons. The van der Waals surface area contributed by atoms with Gasteiger partial charge < -0.3 is 26.4 Å². The minimum Gasteiger partial charge on any atom is -0.390 e. The fraction of sp³-hybridized carbons (Fsp3) is 0.852. The van der Waals surface area contributed by atoms with E-state index in [2.05, 4.69) is 35.1 Å². The number of nitrogens with one attached hydrogen (secondary N) is 4. The molecule has 0 heterocycles. The van der Waals surface area contributed by atoms with Crippen molar-refractivity contribution >= 4 is 23.6 Å². The minimum atomic E-state index is -1.14. The normalized spacial score (nSPS) is 14.9. The first-order valence-electron chi connectivity index (χ1n) is 13.5. The number of rotatable bonds is 17. The van der Waals surface area contributed by atoms with Crippen molar-refractivity contribution in [1.29, 1.82) is 0 Å². The van der Waals surface area contributed by atoms with Gasteiger partial charge in [0.05, 0.1) is 18.6 Å². The number of carbonyl (C=O) groups is 4. The van der Waals surface area contributed by atoms with Crippen molar-refractivity contribution in [1.82, 2.24) is 21.3 Å². The number of hydrogen-bond acceptors (Lipinski definition) is 5. The molecular formula is C27H52N4O5. The predicted octanol–water partition coefficient (Wildman–Crippen LogP) is 2.51. The molecule has 0 rings (SSSR count). The second-order valence-electron chi connectivity index (χ2n) is 11.6. The summed E-state index contributed by atoms with van der Waals surface area (Å²) in [6.45, 7) is 18.0. The van der Waals surface area contributed by atoms with Crippen LogP contribution >= 0.6 is 0 Å². The summed E-state index contributed by atoms with van der Waals surface area (Å²) in [4.78, 5) is 50.2. The van der Waals surface area contributed by atoms with Crippen LogP contribution in [0.4, 0.5) is 0 Å². The van der Waals surface area contributed by atoms with Crippen molar-refractivity contribution in [2.75, 3.05) is 6.54 Å². The smallest absolute Gasteiger partial charge is 0.242 e. The lowest BCUT2D eigenvalue weighted by molar-refractivity contribution is -0.132. The molecule has 0 aromatic carbocycles. The van der Waals surface area contributed by atoms with E-state index in [1.165, 1.54) is 0 Å². The van der Waals surface area contributed by atoms with Crippen LogP contribution in [-0.2, 0) is 19.2 Å². The maximum atomic E-state index is 13.1. The first-order valence-corrected chi connectivity index (χ1v) is 13.5. The van der Waals surface area contributed by atoms with E-state index in [0.29, 0.717) is 31.7 Å². The van der Waals surface area contributed by atoms with Crippen LogP contribution in [0.3, 0.4) is 0 Å². The summed E-state index contributed by atoms with van der Waals surface area (Å²) < 4.78 is 0. The fourth-order valence-corrected chi connectivity index (χ4v) is 3.77. The minimum absolute atomic E-state index is 0.151. The van der Waals surface area contributed by atoms with Crippen LogP contribution in [0.1, 0.15) is 94.4 Å². The highest BCUT2D eigenvalue weighted by Crippen LogP contribution is 2.13. The monoisotopic (exact) mass is 512 g/mol. The molecule has 210 valence electrons. The molecule has 4 unspecified atom stereocenters. The van der Waals surface area contributed by atoms with Crippen molar-refractivity contribution in [2.24, 2.45) is 23.7 Å². The number of aliphatic hydroxyl groups is 1. The molecule has 5 N–H and O–H groups in total. The standard InChI is InChI=1S/C27H52N4O5/c1-16(2)10-11-28-26(35)20(9)29-25(34)15-23(32)21(12-17(3)4)31-27(36)22(13-18(5)6)30-24(33)14-19(7)8/h16-23,32H,10-15H2,1-9H3,(H,28,35)(H,29,34)(H,30,33)(H,31,36). The van der Waals surface area contributed by atoms with Gasteiger partial charge in [0.25, 0.3) is 0 Å². The number of amides is 4. The topological polar surface area (TPSA) is 137 Å². The molecule has 0 fully saturated rings. The second-order valence-corrected chi connectivity index (χ2v) is 11.6. The fourth-order valence-electron chi connectivity index (χ4n) is 3.77. The van der Waals surface area contributed by atoms with Gasteiger partial charge in [-0.25, -0.2) is 0 Å². The second kappa shape index (κ2) is 17.3. The van der Waals surface area contributed by atoms with Crippen molar-refractivity contribution < 1.29 is 24.3 Å². The third-order valence-corrected chi connectivity index (χ3v) is 5.66. The molecular weight excluding hydrogens is 460 g/mol. The molecule has 0 aromatic heterocycles. The van der Waals surface area contributed by atoms with Crippen LogP contribution in [0.2, 0.25) is 0 Å². The Morgan fingerprint density at radius 3 is 1.69 bits per heavy atom. The number of aliphatic hydroxyl groups excluding tert-OH is 1. The van der Waals surface area contributed by atoms with Crippen LogP contribution in [0.5, 0.6) is 0 Å². The molecule has 0 saturated carbocycles. The molecule has 4 amide bonds. The average Bonchev–Trinajstić information content (AvgIpc) is 2.70. The zero-order valence-corrected chi connectivity index (χ0v) is 23.9. The molecule has 0 bridgehead atoms. The molecule has 0 aliphatic heterocycles. The lowest BCUT2D eigenvalue weighted by Crippen LogP contribution is -2.54. The van der Waals surface area contributed by atoms with E-state index in [1.54, 1.807) is 6.92 Å². The quantitative estimate of drug-likeness (QED) is 0.204. The zero-order valence-electron chi connectivity index (χ0n) is 23.9. The summed E-state index contributed by atoms with van der Waals surface area (Å²) in [6.07, 6.45) is 0.694. The lowest BCUT2D eigenvalue weighted by atomic mass is 9.95.